The average Bonchev–Trinajstić information content (AvgIpc) is 3.29. The summed E-state index contributed by atoms with van der Waals surface area (Å²) in [5.74, 6) is 0.585. The van der Waals surface area contributed by atoms with Gasteiger partial charge in [-0.1, -0.05) is 11.6 Å². The van der Waals surface area contributed by atoms with Crippen molar-refractivity contribution in [3.05, 3.63) is 47.5 Å². The number of nitrogens with one attached hydrogen (secondary N) is 3. The van der Waals surface area contributed by atoms with Crippen molar-refractivity contribution in [2.75, 3.05) is 48.8 Å². The van der Waals surface area contributed by atoms with Crippen molar-refractivity contribution in [1.82, 2.24) is 30.4 Å². The number of ether oxygens (including phenoxy) is 1. The zero-order valence-corrected chi connectivity index (χ0v) is 28.2. The van der Waals surface area contributed by atoms with Crippen molar-refractivity contribution in [1.29, 1.82) is 0 Å². The minimum absolute atomic E-state index is 0.0582. The van der Waals surface area contributed by atoms with Crippen LogP contribution >= 0.6 is 11.6 Å². The fourth-order valence-electron chi connectivity index (χ4n) is 6.98. The maximum absolute atomic E-state index is 14.8. The zero-order valence-electron chi connectivity index (χ0n) is 27.4. The van der Waals surface area contributed by atoms with Gasteiger partial charge in [-0.25, -0.2) is 14.4 Å². The quantitative estimate of drug-likeness (QED) is 0.179. The molecule has 2 saturated heterocycles. The standard InChI is InChI=1S/C33H43ClFN9O3/c1-19-15-44(16-20(2)38-19)23-10-21(11-23)33(4,46)40-29-14-28(36-18-37-29)39-27-13-26(24-12-22(34)6-7-25(24)35)41-42-30(27)43(5)17-32(3)8-9-47-31(32)45/h6-7,12-14,18-21,23,38,46H,8-11,15-17H2,1-5H3,(H2,36,37,39,40,41). The van der Waals surface area contributed by atoms with Crippen LogP contribution in [0.4, 0.5) is 27.5 Å². The third-order valence-corrected chi connectivity index (χ3v) is 9.86. The number of anilines is 4. The highest BCUT2D eigenvalue weighted by molar-refractivity contribution is 6.30. The second-order valence-electron chi connectivity index (χ2n) is 13.8. The highest BCUT2D eigenvalue weighted by Crippen LogP contribution is 2.41. The van der Waals surface area contributed by atoms with Crippen LogP contribution in [0.3, 0.4) is 0 Å². The lowest BCUT2D eigenvalue weighted by Gasteiger charge is -2.51. The average molecular weight is 668 g/mol. The molecule has 47 heavy (non-hydrogen) atoms. The Balaban J connectivity index is 1.21. The third-order valence-electron chi connectivity index (χ3n) is 9.63. The molecule has 0 spiro atoms. The van der Waals surface area contributed by atoms with Gasteiger partial charge in [0.1, 0.15) is 29.5 Å². The van der Waals surface area contributed by atoms with Crippen LogP contribution in [0.25, 0.3) is 11.3 Å². The van der Waals surface area contributed by atoms with Crippen molar-refractivity contribution in [3.8, 4) is 11.3 Å². The van der Waals surface area contributed by atoms with Crippen LogP contribution in [-0.4, -0.2) is 93.3 Å². The molecule has 14 heteroatoms. The van der Waals surface area contributed by atoms with E-state index in [0.717, 1.165) is 25.9 Å². The van der Waals surface area contributed by atoms with Crippen molar-refractivity contribution in [2.45, 2.75) is 70.8 Å². The van der Waals surface area contributed by atoms with Crippen molar-refractivity contribution in [2.24, 2.45) is 11.3 Å². The van der Waals surface area contributed by atoms with Crippen LogP contribution in [0.2, 0.25) is 5.02 Å². The smallest absolute Gasteiger partial charge is 0.313 e. The number of halogens is 2. The molecule has 0 amide bonds. The SMILES string of the molecule is CC1CN(C2CC(C(C)(O)Nc3cc(Nc4cc(-c5cc(Cl)ccc5F)nnc4N(C)CC4(C)CCOC4=O)ncn3)C2)CC(C)N1. The number of aliphatic hydroxyl groups is 1. The highest BCUT2D eigenvalue weighted by atomic mass is 35.5. The van der Waals surface area contributed by atoms with E-state index < -0.39 is 17.0 Å². The maximum atomic E-state index is 14.8. The van der Waals surface area contributed by atoms with E-state index in [9.17, 15) is 14.3 Å². The molecule has 1 saturated carbocycles. The molecule has 3 fully saturated rings. The molecule has 2 aliphatic heterocycles. The van der Waals surface area contributed by atoms with Crippen LogP contribution in [0.15, 0.2) is 36.7 Å². The molecule has 2 aromatic heterocycles. The van der Waals surface area contributed by atoms with E-state index in [1.54, 1.807) is 19.1 Å². The Bertz CT molecular complexity index is 1610. The summed E-state index contributed by atoms with van der Waals surface area (Å²) in [7, 11) is 1.81. The molecular weight excluding hydrogens is 625 g/mol. The molecule has 1 aliphatic carbocycles. The molecule has 0 bridgehead atoms. The van der Waals surface area contributed by atoms with Crippen molar-refractivity contribution < 1.29 is 19.0 Å². The molecule has 6 rings (SSSR count). The summed E-state index contributed by atoms with van der Waals surface area (Å²) in [6.45, 7) is 10.8. The molecule has 0 radical (unpaired) electrons. The molecule has 3 aromatic rings. The molecule has 4 heterocycles. The molecule has 12 nitrogen and oxygen atoms in total. The third kappa shape index (κ3) is 7.28. The van der Waals surface area contributed by atoms with Crippen molar-refractivity contribution in [3.63, 3.8) is 0 Å². The second kappa shape index (κ2) is 13.1. The van der Waals surface area contributed by atoms with Crippen LogP contribution in [-0.2, 0) is 9.53 Å². The predicted molar refractivity (Wildman–Crippen MR) is 179 cm³/mol. The van der Waals surface area contributed by atoms with E-state index in [1.807, 2.05) is 18.9 Å². The Labute approximate surface area is 279 Å². The summed E-state index contributed by atoms with van der Waals surface area (Å²) >= 11 is 6.18. The Morgan fingerprint density at radius 1 is 1.17 bits per heavy atom. The number of hydrogen-bond donors (Lipinski definition) is 4. The van der Waals surface area contributed by atoms with Gasteiger partial charge in [0.2, 0.25) is 0 Å². The zero-order chi connectivity index (χ0) is 33.5. The number of esters is 1. The van der Waals surface area contributed by atoms with Gasteiger partial charge < -0.3 is 30.7 Å². The fourth-order valence-corrected chi connectivity index (χ4v) is 7.15. The summed E-state index contributed by atoms with van der Waals surface area (Å²) in [4.78, 5) is 25.6. The van der Waals surface area contributed by atoms with Gasteiger partial charge in [0.25, 0.3) is 0 Å². The minimum Gasteiger partial charge on any atom is -0.465 e. The molecule has 4 unspecified atom stereocenters. The minimum atomic E-state index is -1.18. The molecular formula is C33H43ClFN9O3. The van der Waals surface area contributed by atoms with E-state index in [4.69, 9.17) is 16.3 Å². The number of hydrogen-bond acceptors (Lipinski definition) is 12. The molecule has 1 aromatic carbocycles. The van der Waals surface area contributed by atoms with Gasteiger partial charge >= 0.3 is 5.97 Å². The number of rotatable bonds is 10. The summed E-state index contributed by atoms with van der Waals surface area (Å²) in [5, 5.41) is 30.7. The van der Waals surface area contributed by atoms with E-state index in [2.05, 4.69) is 54.9 Å². The Hall–Kier alpha value is -3.65. The van der Waals surface area contributed by atoms with Gasteiger partial charge in [0.15, 0.2) is 5.82 Å². The lowest BCUT2D eigenvalue weighted by atomic mass is 9.73. The van der Waals surface area contributed by atoms with Crippen LogP contribution in [0.5, 0.6) is 0 Å². The summed E-state index contributed by atoms with van der Waals surface area (Å²) < 4.78 is 20.1. The summed E-state index contributed by atoms with van der Waals surface area (Å²) in [6, 6.07) is 8.95. The molecule has 4 N–H and O–H groups in total. The maximum Gasteiger partial charge on any atom is 0.313 e. The second-order valence-corrected chi connectivity index (χ2v) is 14.3. The number of carbonyl (C=O) groups excluding carboxylic acids is 1. The van der Waals surface area contributed by atoms with Gasteiger partial charge in [0.05, 0.1) is 23.4 Å². The number of nitrogens with zero attached hydrogens (tertiary/aromatic N) is 6. The Kier molecular flexibility index (Phi) is 9.27. The normalized spacial score (nSPS) is 27.4. The van der Waals surface area contributed by atoms with E-state index >= 15 is 0 Å². The van der Waals surface area contributed by atoms with Gasteiger partial charge in [-0.05, 0) is 71.2 Å². The number of benzene rings is 1. The summed E-state index contributed by atoms with van der Waals surface area (Å²) in [6.07, 6.45) is 3.76. The van der Waals surface area contributed by atoms with E-state index in [1.165, 1.54) is 24.5 Å². The highest BCUT2D eigenvalue weighted by Gasteiger charge is 2.45. The van der Waals surface area contributed by atoms with Gasteiger partial charge in [-0.15, -0.1) is 10.2 Å². The van der Waals surface area contributed by atoms with Crippen LogP contribution < -0.4 is 20.9 Å². The lowest BCUT2D eigenvalue weighted by Crippen LogP contribution is -2.62. The number of cyclic esters (lactones) is 1. The number of aromatic nitrogens is 4. The van der Waals surface area contributed by atoms with E-state index in [0.29, 0.717) is 65.9 Å². The fraction of sp³-hybridized carbons (Fsp3) is 0.545. The van der Waals surface area contributed by atoms with Crippen LogP contribution in [0.1, 0.15) is 47.0 Å². The summed E-state index contributed by atoms with van der Waals surface area (Å²) in [5.41, 5.74) is -0.966. The first kappa shape index (κ1) is 33.3. The molecule has 252 valence electrons. The largest absolute Gasteiger partial charge is 0.465 e. The monoisotopic (exact) mass is 667 g/mol. The lowest BCUT2D eigenvalue weighted by molar-refractivity contribution is -0.145. The first-order valence-electron chi connectivity index (χ1n) is 16.1. The van der Waals surface area contributed by atoms with E-state index in [-0.39, 0.29) is 23.1 Å². The number of piperazine rings is 1. The molecule has 3 aliphatic rings. The van der Waals surface area contributed by atoms with Gasteiger partial charge in [-0.3, -0.25) is 9.69 Å². The van der Waals surface area contributed by atoms with Gasteiger partial charge in [0, 0.05) is 67.4 Å². The molecule has 4 atom stereocenters. The van der Waals surface area contributed by atoms with Gasteiger partial charge in [-0.2, -0.15) is 0 Å². The topological polar surface area (TPSA) is 141 Å². The van der Waals surface area contributed by atoms with Crippen molar-refractivity contribution >= 4 is 40.7 Å². The first-order valence-corrected chi connectivity index (χ1v) is 16.5. The Morgan fingerprint density at radius 2 is 1.89 bits per heavy atom. The predicted octanol–water partition coefficient (Wildman–Crippen LogP) is 4.44. The number of carbonyl (C=O) groups is 1. The van der Waals surface area contributed by atoms with Crippen LogP contribution in [0, 0.1) is 17.2 Å². The Morgan fingerprint density at radius 3 is 2.60 bits per heavy atom. The first-order chi connectivity index (χ1) is 22.3.